The van der Waals surface area contributed by atoms with E-state index in [1.54, 1.807) is 6.07 Å². The van der Waals surface area contributed by atoms with Gasteiger partial charge in [-0.25, -0.2) is 23.2 Å². The maximum Gasteiger partial charge on any atom is 0.358 e. The Morgan fingerprint density at radius 1 is 1.20 bits per heavy atom. The molecule has 25 heavy (non-hydrogen) atoms. The number of carbonyl (C=O) groups is 1. The minimum atomic E-state index is -3.32. The van der Waals surface area contributed by atoms with Crippen LogP contribution in [0.5, 0.6) is 0 Å². The average Bonchev–Trinajstić information content (AvgIpc) is 3.45. The molecule has 0 atom stereocenters. The van der Waals surface area contributed by atoms with E-state index in [0.29, 0.717) is 18.7 Å². The summed E-state index contributed by atoms with van der Waals surface area (Å²) in [5, 5.41) is 12.6. The summed E-state index contributed by atoms with van der Waals surface area (Å²) in [4.78, 5) is 24.4. The summed E-state index contributed by atoms with van der Waals surface area (Å²) in [6.45, 7) is -0.0776. The fourth-order valence-electron chi connectivity index (χ4n) is 2.15. The van der Waals surface area contributed by atoms with Gasteiger partial charge in [-0.05, 0) is 31.0 Å². The highest BCUT2D eigenvalue weighted by atomic mass is 32.2. The van der Waals surface area contributed by atoms with E-state index in [1.807, 2.05) is 0 Å². The molecule has 0 unspecified atom stereocenters. The monoisotopic (exact) mass is 361 g/mol. The number of sulfone groups is 1. The van der Waals surface area contributed by atoms with Crippen molar-refractivity contribution < 1.29 is 23.2 Å². The first-order chi connectivity index (χ1) is 12.0. The number of aliphatic carboxylic acids is 1. The molecule has 0 aliphatic heterocycles. The predicted octanol–water partition coefficient (Wildman–Crippen LogP) is 1.42. The third kappa shape index (κ3) is 4.00. The second-order valence-electron chi connectivity index (χ2n) is 5.45. The average molecular weight is 361 g/mol. The van der Waals surface area contributed by atoms with Gasteiger partial charge < -0.3 is 9.94 Å². The highest BCUT2D eigenvalue weighted by Gasteiger charge is 2.36. The minimum absolute atomic E-state index is 0.0776. The van der Waals surface area contributed by atoms with E-state index in [4.69, 9.17) is 4.84 Å². The zero-order valence-corrected chi connectivity index (χ0v) is 13.9. The molecule has 1 aromatic carbocycles. The number of benzene rings is 1. The van der Waals surface area contributed by atoms with Crippen LogP contribution in [0.3, 0.4) is 0 Å². The van der Waals surface area contributed by atoms with E-state index in [2.05, 4.69) is 15.1 Å². The van der Waals surface area contributed by atoms with Gasteiger partial charge in [-0.1, -0.05) is 17.3 Å². The summed E-state index contributed by atoms with van der Waals surface area (Å²) in [6, 6.07) is 7.24. The Labute approximate surface area is 144 Å². The summed E-state index contributed by atoms with van der Waals surface area (Å²) in [5.41, 5.74) is -0.0810. The number of carboxylic acids is 1. The van der Waals surface area contributed by atoms with Gasteiger partial charge in [0, 0.05) is 18.0 Å². The molecule has 130 valence electrons. The molecular formula is C16H15N3O5S. The summed E-state index contributed by atoms with van der Waals surface area (Å²) in [5.74, 6) is -0.923. The first-order valence-electron chi connectivity index (χ1n) is 7.52. The molecule has 3 rings (SSSR count). The Morgan fingerprint density at radius 3 is 2.40 bits per heavy atom. The van der Waals surface area contributed by atoms with Crippen LogP contribution in [0.2, 0.25) is 0 Å². The lowest BCUT2D eigenvalue weighted by Crippen LogP contribution is -2.16. The largest absolute Gasteiger partial charge is 0.476 e. The van der Waals surface area contributed by atoms with Crippen molar-refractivity contribution in [3.05, 3.63) is 54.1 Å². The van der Waals surface area contributed by atoms with Crippen LogP contribution in [0, 0.1) is 0 Å². The predicted molar refractivity (Wildman–Crippen MR) is 87.6 cm³/mol. The van der Waals surface area contributed by atoms with Crippen LogP contribution >= 0.6 is 0 Å². The minimum Gasteiger partial charge on any atom is -0.476 e. The zero-order chi connectivity index (χ0) is 17.9. The van der Waals surface area contributed by atoms with Gasteiger partial charge in [0.05, 0.1) is 10.1 Å². The van der Waals surface area contributed by atoms with Crippen LogP contribution in [0.25, 0.3) is 0 Å². The molecule has 1 aliphatic carbocycles. The van der Waals surface area contributed by atoms with Crippen LogP contribution in [0.4, 0.5) is 0 Å². The number of nitrogens with zero attached hydrogens (tertiary/aromatic N) is 3. The van der Waals surface area contributed by atoms with Crippen molar-refractivity contribution >= 4 is 21.5 Å². The standard InChI is InChI=1S/C16H15N3O5S/c20-16(21)15(19-24-10-14-17-8-1-9-18-14)11-2-4-12(5-3-11)25(22,23)13-6-7-13/h1-5,8-9,13H,6-7,10H2,(H,20,21)/b19-15+. The van der Waals surface area contributed by atoms with Gasteiger partial charge in [0.25, 0.3) is 0 Å². The number of hydrogen-bond donors (Lipinski definition) is 1. The molecule has 2 aromatic rings. The van der Waals surface area contributed by atoms with Crippen LogP contribution in [0.1, 0.15) is 24.2 Å². The summed E-state index contributed by atoms with van der Waals surface area (Å²) < 4.78 is 24.3. The molecule has 0 amide bonds. The molecule has 0 bridgehead atoms. The number of rotatable bonds is 7. The van der Waals surface area contributed by atoms with E-state index in [1.165, 1.54) is 36.7 Å². The molecule has 1 heterocycles. The summed E-state index contributed by atoms with van der Waals surface area (Å²) in [7, 11) is -3.32. The van der Waals surface area contributed by atoms with Crippen LogP contribution in [-0.4, -0.2) is 40.4 Å². The fourth-order valence-corrected chi connectivity index (χ4v) is 3.80. The second-order valence-corrected chi connectivity index (χ2v) is 7.68. The molecule has 1 aromatic heterocycles. The summed E-state index contributed by atoms with van der Waals surface area (Å²) >= 11 is 0. The molecule has 8 nitrogen and oxygen atoms in total. The maximum atomic E-state index is 12.2. The normalized spacial score (nSPS) is 15.0. The first kappa shape index (κ1) is 17.0. The van der Waals surface area contributed by atoms with E-state index >= 15 is 0 Å². The third-order valence-electron chi connectivity index (χ3n) is 3.59. The van der Waals surface area contributed by atoms with Crippen molar-refractivity contribution in [3.63, 3.8) is 0 Å². The Kier molecular flexibility index (Phi) is 4.75. The number of carboxylic acid groups (broad SMARTS) is 1. The van der Waals surface area contributed by atoms with Crippen molar-refractivity contribution in [2.24, 2.45) is 5.16 Å². The van der Waals surface area contributed by atoms with Crippen LogP contribution < -0.4 is 0 Å². The molecule has 0 saturated heterocycles. The van der Waals surface area contributed by atoms with Gasteiger partial charge in [0.15, 0.2) is 28.0 Å². The lowest BCUT2D eigenvalue weighted by Gasteiger charge is -2.05. The van der Waals surface area contributed by atoms with Gasteiger partial charge in [0.1, 0.15) is 0 Å². The van der Waals surface area contributed by atoms with E-state index in [-0.39, 0.29) is 28.0 Å². The van der Waals surface area contributed by atoms with Gasteiger partial charge in [-0.2, -0.15) is 0 Å². The van der Waals surface area contributed by atoms with Crippen LogP contribution in [0.15, 0.2) is 52.8 Å². The first-order valence-corrected chi connectivity index (χ1v) is 9.06. The van der Waals surface area contributed by atoms with Gasteiger partial charge in [0.2, 0.25) is 0 Å². The fraction of sp³-hybridized carbons (Fsp3) is 0.250. The van der Waals surface area contributed by atoms with Crippen molar-refractivity contribution in [1.82, 2.24) is 9.97 Å². The van der Waals surface area contributed by atoms with E-state index < -0.39 is 15.8 Å². The lowest BCUT2D eigenvalue weighted by molar-refractivity contribution is -0.129. The Morgan fingerprint density at radius 2 is 1.84 bits per heavy atom. The quantitative estimate of drug-likeness (QED) is 0.585. The molecule has 1 N–H and O–H groups in total. The van der Waals surface area contributed by atoms with Gasteiger partial charge in [-0.3, -0.25) is 0 Å². The molecule has 9 heteroatoms. The topological polar surface area (TPSA) is 119 Å². The molecule has 1 aliphatic rings. The van der Waals surface area contributed by atoms with Crippen molar-refractivity contribution in [2.45, 2.75) is 29.6 Å². The maximum absolute atomic E-state index is 12.2. The number of hydrogen-bond acceptors (Lipinski definition) is 7. The Balaban J connectivity index is 1.76. The number of oxime groups is 1. The Hall–Kier alpha value is -2.81. The van der Waals surface area contributed by atoms with Crippen molar-refractivity contribution in [1.29, 1.82) is 0 Å². The molecule has 1 saturated carbocycles. The SMILES string of the molecule is O=C(O)/C(=N/OCc1ncccn1)c1ccc(S(=O)(=O)C2CC2)cc1. The van der Waals surface area contributed by atoms with E-state index in [9.17, 15) is 18.3 Å². The molecular weight excluding hydrogens is 346 g/mol. The molecule has 0 radical (unpaired) electrons. The molecule has 0 spiro atoms. The smallest absolute Gasteiger partial charge is 0.358 e. The summed E-state index contributed by atoms with van der Waals surface area (Å²) in [6.07, 6.45) is 4.40. The second kappa shape index (κ2) is 6.98. The van der Waals surface area contributed by atoms with Crippen molar-refractivity contribution in [3.8, 4) is 0 Å². The highest BCUT2D eigenvalue weighted by molar-refractivity contribution is 7.92. The lowest BCUT2D eigenvalue weighted by atomic mass is 10.1. The van der Waals surface area contributed by atoms with Crippen molar-refractivity contribution in [2.75, 3.05) is 0 Å². The highest BCUT2D eigenvalue weighted by Crippen LogP contribution is 2.33. The van der Waals surface area contributed by atoms with Crippen LogP contribution in [-0.2, 0) is 26.1 Å². The number of aromatic nitrogens is 2. The van der Waals surface area contributed by atoms with Gasteiger partial charge >= 0.3 is 5.97 Å². The molecule has 1 fully saturated rings. The van der Waals surface area contributed by atoms with Gasteiger partial charge in [-0.15, -0.1) is 0 Å². The Bertz CT molecular complexity index is 891. The zero-order valence-electron chi connectivity index (χ0n) is 13.1. The third-order valence-corrected chi connectivity index (χ3v) is 5.87. The van der Waals surface area contributed by atoms with E-state index in [0.717, 1.165) is 0 Å².